The summed E-state index contributed by atoms with van der Waals surface area (Å²) in [5, 5.41) is 2.86. The fourth-order valence-corrected chi connectivity index (χ4v) is 5.89. The lowest BCUT2D eigenvalue weighted by Gasteiger charge is -2.64. The van der Waals surface area contributed by atoms with Crippen molar-refractivity contribution in [2.75, 3.05) is 6.54 Å². The van der Waals surface area contributed by atoms with E-state index in [1.54, 1.807) is 19.1 Å². The Hall–Kier alpha value is -1.78. The van der Waals surface area contributed by atoms with Crippen LogP contribution in [0.4, 0.5) is 13.2 Å². The fourth-order valence-electron chi connectivity index (χ4n) is 5.89. The summed E-state index contributed by atoms with van der Waals surface area (Å²) in [5.41, 5.74) is 6.29. The van der Waals surface area contributed by atoms with Gasteiger partial charge in [-0.2, -0.15) is 0 Å². The molecule has 3 unspecified atom stereocenters. The Labute approximate surface area is 192 Å². The lowest BCUT2D eigenvalue weighted by Crippen LogP contribution is -2.65. The van der Waals surface area contributed by atoms with E-state index in [0.717, 1.165) is 18.4 Å². The maximum atomic E-state index is 12.5. The molecule has 6 atom stereocenters. The van der Waals surface area contributed by atoms with Gasteiger partial charge in [0, 0.05) is 12.4 Å². The van der Waals surface area contributed by atoms with Crippen molar-refractivity contribution in [1.82, 2.24) is 5.32 Å². The van der Waals surface area contributed by atoms with Crippen molar-refractivity contribution >= 4 is 13.0 Å². The first-order valence-electron chi connectivity index (χ1n) is 11.5. The molecular formula is C23H32BF3N2O4. The van der Waals surface area contributed by atoms with Crippen LogP contribution in [0, 0.1) is 17.3 Å². The van der Waals surface area contributed by atoms with Crippen LogP contribution >= 0.6 is 0 Å². The summed E-state index contributed by atoms with van der Waals surface area (Å²) in [4.78, 5) is 12.1. The van der Waals surface area contributed by atoms with E-state index in [1.807, 2.05) is 0 Å². The van der Waals surface area contributed by atoms with Gasteiger partial charge in [0.1, 0.15) is 5.75 Å². The van der Waals surface area contributed by atoms with E-state index in [2.05, 4.69) is 30.8 Å². The number of ether oxygens (including phenoxy) is 1. The molecule has 0 aromatic heterocycles. The quantitative estimate of drug-likeness (QED) is 0.597. The first-order chi connectivity index (χ1) is 15.3. The van der Waals surface area contributed by atoms with Gasteiger partial charge in [-0.05, 0) is 68.1 Å². The van der Waals surface area contributed by atoms with Gasteiger partial charge in [0.15, 0.2) is 0 Å². The van der Waals surface area contributed by atoms with E-state index >= 15 is 0 Å². The highest BCUT2D eigenvalue weighted by molar-refractivity contribution is 6.47. The minimum atomic E-state index is -4.74. The summed E-state index contributed by atoms with van der Waals surface area (Å²) in [7, 11) is -0.533. The number of carbonyl (C=O) groups is 1. The summed E-state index contributed by atoms with van der Waals surface area (Å²) < 4.78 is 54.3. The van der Waals surface area contributed by atoms with E-state index in [4.69, 9.17) is 15.0 Å². The van der Waals surface area contributed by atoms with Crippen molar-refractivity contribution in [2.24, 2.45) is 23.0 Å². The van der Waals surface area contributed by atoms with Crippen LogP contribution in [0.25, 0.3) is 0 Å². The Morgan fingerprint density at radius 3 is 2.52 bits per heavy atom. The Morgan fingerprint density at radius 1 is 1.27 bits per heavy atom. The molecule has 1 aromatic rings. The maximum absolute atomic E-state index is 12.5. The predicted octanol–water partition coefficient (Wildman–Crippen LogP) is 3.69. The standard InChI is InChI=1S/C23H32BF3N2O4/c1-13(28)20(30)29-12-16(9-14-5-7-17(8-6-14)31-23(25,26)27)24-32-19-11-15-10-18(21(15,2)3)22(19,4)33-24/h5-8,13,15-16,18-19H,9-12,28H2,1-4H3,(H,29,30)/t13-,15?,16+,18?,19?,22+/m0/s1. The highest BCUT2D eigenvalue weighted by Gasteiger charge is 2.68. The zero-order chi connectivity index (χ0) is 24.2. The van der Waals surface area contributed by atoms with Gasteiger partial charge in [0.05, 0.1) is 17.7 Å². The highest BCUT2D eigenvalue weighted by atomic mass is 19.4. The van der Waals surface area contributed by atoms with Gasteiger partial charge in [-0.1, -0.05) is 26.0 Å². The Balaban J connectivity index is 1.49. The molecule has 2 bridgehead atoms. The highest BCUT2D eigenvalue weighted by Crippen LogP contribution is 2.66. The number of hydrogen-bond acceptors (Lipinski definition) is 5. The van der Waals surface area contributed by atoms with E-state index in [0.29, 0.717) is 18.3 Å². The average Bonchev–Trinajstić information content (AvgIpc) is 3.07. The van der Waals surface area contributed by atoms with Crippen LogP contribution in [-0.4, -0.2) is 43.7 Å². The molecule has 0 radical (unpaired) electrons. The number of benzene rings is 1. The molecule has 1 saturated heterocycles. The molecule has 1 heterocycles. The molecule has 5 rings (SSSR count). The molecule has 33 heavy (non-hydrogen) atoms. The lowest BCUT2D eigenvalue weighted by atomic mass is 9.43. The monoisotopic (exact) mass is 468 g/mol. The van der Waals surface area contributed by atoms with Crippen LogP contribution in [0.15, 0.2) is 24.3 Å². The third-order valence-corrected chi connectivity index (χ3v) is 7.96. The molecule has 3 saturated carbocycles. The zero-order valence-corrected chi connectivity index (χ0v) is 19.4. The largest absolute Gasteiger partial charge is 0.573 e. The predicted molar refractivity (Wildman–Crippen MR) is 117 cm³/mol. The first-order valence-corrected chi connectivity index (χ1v) is 11.5. The number of nitrogens with one attached hydrogen (secondary N) is 1. The molecule has 4 fully saturated rings. The van der Waals surface area contributed by atoms with Crippen LogP contribution in [-0.2, 0) is 20.5 Å². The van der Waals surface area contributed by atoms with Crippen LogP contribution in [0.1, 0.15) is 46.1 Å². The molecule has 10 heteroatoms. The second-order valence-electron chi connectivity index (χ2n) is 10.5. The second-order valence-corrected chi connectivity index (χ2v) is 10.5. The molecule has 4 aliphatic rings. The Bertz CT molecular complexity index is 879. The number of rotatable bonds is 7. The first kappa shape index (κ1) is 24.4. The molecule has 3 aliphatic carbocycles. The van der Waals surface area contributed by atoms with Crippen molar-refractivity contribution in [3.63, 3.8) is 0 Å². The number of amides is 1. The van der Waals surface area contributed by atoms with Crippen LogP contribution < -0.4 is 15.8 Å². The van der Waals surface area contributed by atoms with Gasteiger partial charge in [0.25, 0.3) is 0 Å². The minimum absolute atomic E-state index is 0.00605. The molecule has 182 valence electrons. The second kappa shape index (κ2) is 8.46. The van der Waals surface area contributed by atoms with Crippen molar-refractivity contribution in [2.45, 2.75) is 76.9 Å². The Morgan fingerprint density at radius 2 is 1.94 bits per heavy atom. The normalized spacial score (nSPS) is 31.9. The molecule has 1 amide bonds. The van der Waals surface area contributed by atoms with Gasteiger partial charge >= 0.3 is 13.5 Å². The summed E-state index contributed by atoms with van der Waals surface area (Å²) in [5.74, 6) is 0.225. The average molecular weight is 468 g/mol. The van der Waals surface area contributed by atoms with Crippen LogP contribution in [0.2, 0.25) is 5.82 Å². The molecular weight excluding hydrogens is 436 g/mol. The zero-order valence-electron chi connectivity index (χ0n) is 19.4. The van der Waals surface area contributed by atoms with E-state index in [-0.39, 0.29) is 35.5 Å². The third kappa shape index (κ3) is 4.75. The fraction of sp³-hybridized carbons (Fsp3) is 0.696. The molecule has 1 aromatic carbocycles. The minimum Gasteiger partial charge on any atom is -0.406 e. The molecule has 0 spiro atoms. The number of carbonyl (C=O) groups excluding carboxylic acids is 1. The number of nitrogens with two attached hydrogens (primary N) is 1. The van der Waals surface area contributed by atoms with Crippen LogP contribution in [0.5, 0.6) is 5.75 Å². The maximum Gasteiger partial charge on any atom is 0.573 e. The molecule has 1 aliphatic heterocycles. The summed E-state index contributed by atoms with van der Waals surface area (Å²) in [6, 6.07) is 5.10. The van der Waals surface area contributed by atoms with E-state index in [9.17, 15) is 18.0 Å². The third-order valence-electron chi connectivity index (χ3n) is 7.96. The van der Waals surface area contributed by atoms with Crippen molar-refractivity contribution < 1.29 is 32.0 Å². The van der Waals surface area contributed by atoms with Crippen molar-refractivity contribution in [3.8, 4) is 5.75 Å². The lowest BCUT2D eigenvalue weighted by molar-refractivity contribution is -0.274. The van der Waals surface area contributed by atoms with Gasteiger partial charge in [-0.3, -0.25) is 4.79 Å². The van der Waals surface area contributed by atoms with Crippen molar-refractivity contribution in [3.05, 3.63) is 29.8 Å². The summed E-state index contributed by atoms with van der Waals surface area (Å²) in [6.45, 7) is 8.59. The van der Waals surface area contributed by atoms with Gasteiger partial charge < -0.3 is 25.1 Å². The Kier molecular flexibility index (Phi) is 6.25. The smallest absolute Gasteiger partial charge is 0.406 e. The van der Waals surface area contributed by atoms with E-state index < -0.39 is 25.1 Å². The number of halogens is 3. The molecule has 6 nitrogen and oxygen atoms in total. The number of hydrogen-bond donors (Lipinski definition) is 2. The number of alkyl halides is 3. The van der Waals surface area contributed by atoms with Gasteiger partial charge in [-0.25, -0.2) is 0 Å². The van der Waals surface area contributed by atoms with Crippen LogP contribution in [0.3, 0.4) is 0 Å². The SMILES string of the molecule is C[C@H](N)C(=O)NC[C@@H](Cc1ccc(OC(F)(F)F)cc1)B1OC2CC3CC(C3(C)C)[C@@]2(C)O1. The summed E-state index contributed by atoms with van der Waals surface area (Å²) >= 11 is 0. The van der Waals surface area contributed by atoms with Crippen molar-refractivity contribution in [1.29, 1.82) is 0 Å². The van der Waals surface area contributed by atoms with E-state index in [1.165, 1.54) is 12.1 Å². The topological polar surface area (TPSA) is 82.8 Å². The summed E-state index contributed by atoms with van der Waals surface area (Å²) in [6.07, 6.45) is -2.22. The van der Waals surface area contributed by atoms with Gasteiger partial charge in [0.2, 0.25) is 5.91 Å². The molecule has 3 N–H and O–H groups in total. The van der Waals surface area contributed by atoms with Gasteiger partial charge in [-0.15, -0.1) is 13.2 Å².